The Bertz CT molecular complexity index is 301. The Morgan fingerprint density at radius 3 is 2.71 bits per heavy atom. The average molecular weight is 274 g/mol. The van der Waals surface area contributed by atoms with Crippen molar-refractivity contribution in [3.8, 4) is 0 Å². The summed E-state index contributed by atoms with van der Waals surface area (Å²) < 4.78 is 1.19. The summed E-state index contributed by atoms with van der Waals surface area (Å²) >= 11 is 5.33. The van der Waals surface area contributed by atoms with Gasteiger partial charge in [-0.3, -0.25) is 0 Å². The molecule has 0 saturated heterocycles. The Balaban J connectivity index is 2.85. The van der Waals surface area contributed by atoms with Gasteiger partial charge in [-0.05, 0) is 58.8 Å². The van der Waals surface area contributed by atoms with Crippen LogP contribution in [0.2, 0.25) is 0 Å². The van der Waals surface area contributed by atoms with Gasteiger partial charge in [-0.15, -0.1) is 11.8 Å². The summed E-state index contributed by atoms with van der Waals surface area (Å²) in [6, 6.07) is 6.56. The van der Waals surface area contributed by atoms with E-state index in [1.807, 2.05) is 0 Å². The lowest BCUT2D eigenvalue weighted by atomic mass is 9.98. The second-order valence-corrected chi connectivity index (χ2v) is 5.07. The molecule has 1 unspecified atom stereocenters. The standard InChI is InChI=1S/C11H16BrNS/c1-8(5-6-13)9-3-4-11(14-2)10(12)7-9/h3-4,7-8H,5-6,13H2,1-2H3. The van der Waals surface area contributed by atoms with Crippen LogP contribution in [-0.4, -0.2) is 12.8 Å². The molecule has 0 spiro atoms. The van der Waals surface area contributed by atoms with Crippen LogP contribution in [-0.2, 0) is 0 Å². The van der Waals surface area contributed by atoms with E-state index in [1.165, 1.54) is 14.9 Å². The average Bonchev–Trinajstić information content (AvgIpc) is 2.18. The fourth-order valence-electron chi connectivity index (χ4n) is 1.41. The van der Waals surface area contributed by atoms with E-state index in [4.69, 9.17) is 5.73 Å². The maximum Gasteiger partial charge on any atom is 0.0313 e. The van der Waals surface area contributed by atoms with Gasteiger partial charge in [-0.25, -0.2) is 0 Å². The largest absolute Gasteiger partial charge is 0.330 e. The molecule has 78 valence electrons. The van der Waals surface area contributed by atoms with Crippen LogP contribution in [0.5, 0.6) is 0 Å². The molecule has 14 heavy (non-hydrogen) atoms. The van der Waals surface area contributed by atoms with E-state index in [1.54, 1.807) is 11.8 Å². The number of hydrogen-bond acceptors (Lipinski definition) is 2. The lowest BCUT2D eigenvalue weighted by Gasteiger charge is -2.12. The van der Waals surface area contributed by atoms with Crippen LogP contribution in [0.4, 0.5) is 0 Å². The van der Waals surface area contributed by atoms with Crippen molar-refractivity contribution < 1.29 is 0 Å². The fourth-order valence-corrected chi connectivity index (χ4v) is 2.75. The van der Waals surface area contributed by atoms with Gasteiger partial charge in [0.05, 0.1) is 0 Å². The van der Waals surface area contributed by atoms with Crippen LogP contribution in [0.1, 0.15) is 24.8 Å². The van der Waals surface area contributed by atoms with Gasteiger partial charge >= 0.3 is 0 Å². The van der Waals surface area contributed by atoms with Crippen molar-refractivity contribution in [3.63, 3.8) is 0 Å². The third-order valence-electron chi connectivity index (χ3n) is 2.34. The first-order chi connectivity index (χ1) is 6.69. The molecule has 0 aliphatic heterocycles. The molecule has 0 saturated carbocycles. The predicted molar refractivity (Wildman–Crippen MR) is 68.0 cm³/mol. The van der Waals surface area contributed by atoms with Gasteiger partial charge in [0, 0.05) is 9.37 Å². The Labute approximate surface area is 98.6 Å². The first-order valence-corrected chi connectivity index (χ1v) is 6.74. The van der Waals surface area contributed by atoms with E-state index < -0.39 is 0 Å². The fraction of sp³-hybridized carbons (Fsp3) is 0.455. The Kier molecular flexibility index (Phi) is 4.99. The van der Waals surface area contributed by atoms with Gasteiger partial charge in [-0.2, -0.15) is 0 Å². The molecule has 0 aliphatic rings. The van der Waals surface area contributed by atoms with Crippen LogP contribution in [0.25, 0.3) is 0 Å². The van der Waals surface area contributed by atoms with Crippen LogP contribution in [0.3, 0.4) is 0 Å². The van der Waals surface area contributed by atoms with Gasteiger partial charge in [0.1, 0.15) is 0 Å². The minimum Gasteiger partial charge on any atom is -0.330 e. The molecule has 1 aromatic rings. The van der Waals surface area contributed by atoms with Crippen molar-refractivity contribution in [3.05, 3.63) is 28.2 Å². The molecule has 1 atom stereocenters. The molecule has 0 amide bonds. The van der Waals surface area contributed by atoms with E-state index >= 15 is 0 Å². The van der Waals surface area contributed by atoms with E-state index in [9.17, 15) is 0 Å². The maximum absolute atomic E-state index is 5.55. The normalized spacial score (nSPS) is 12.9. The van der Waals surface area contributed by atoms with Crippen molar-refractivity contribution in [2.24, 2.45) is 5.73 Å². The minimum absolute atomic E-state index is 0.548. The molecule has 0 bridgehead atoms. The summed E-state index contributed by atoms with van der Waals surface area (Å²) in [5.74, 6) is 0.548. The molecule has 3 heteroatoms. The second-order valence-electron chi connectivity index (χ2n) is 3.37. The Hall–Kier alpha value is 0.01000. The van der Waals surface area contributed by atoms with Gasteiger partial charge in [0.2, 0.25) is 0 Å². The summed E-state index contributed by atoms with van der Waals surface area (Å²) in [4.78, 5) is 1.29. The summed E-state index contributed by atoms with van der Waals surface area (Å²) in [5, 5.41) is 0. The molecular formula is C11H16BrNS. The van der Waals surface area contributed by atoms with Crippen molar-refractivity contribution >= 4 is 27.7 Å². The first-order valence-electron chi connectivity index (χ1n) is 4.72. The molecule has 0 aliphatic carbocycles. The van der Waals surface area contributed by atoms with E-state index in [0.29, 0.717) is 5.92 Å². The monoisotopic (exact) mass is 273 g/mol. The zero-order valence-corrected chi connectivity index (χ0v) is 11.0. The van der Waals surface area contributed by atoms with Crippen molar-refractivity contribution in [1.29, 1.82) is 0 Å². The molecule has 0 aromatic heterocycles. The second kappa shape index (κ2) is 5.79. The number of benzene rings is 1. The summed E-state index contributed by atoms with van der Waals surface area (Å²) in [6.45, 7) is 2.97. The lowest BCUT2D eigenvalue weighted by molar-refractivity contribution is 0.689. The minimum atomic E-state index is 0.548. The van der Waals surface area contributed by atoms with Crippen LogP contribution < -0.4 is 5.73 Å². The molecule has 1 aromatic carbocycles. The van der Waals surface area contributed by atoms with Crippen LogP contribution in [0.15, 0.2) is 27.6 Å². The third kappa shape index (κ3) is 3.01. The van der Waals surface area contributed by atoms with E-state index in [2.05, 4.69) is 47.3 Å². The number of nitrogens with two attached hydrogens (primary N) is 1. The molecule has 2 N–H and O–H groups in total. The molecule has 0 heterocycles. The Morgan fingerprint density at radius 1 is 1.50 bits per heavy atom. The number of hydrogen-bond donors (Lipinski definition) is 1. The highest BCUT2D eigenvalue weighted by molar-refractivity contribution is 9.10. The van der Waals surface area contributed by atoms with Gasteiger partial charge in [0.25, 0.3) is 0 Å². The van der Waals surface area contributed by atoms with Crippen molar-refractivity contribution in [2.75, 3.05) is 12.8 Å². The zero-order chi connectivity index (χ0) is 10.6. The number of thioether (sulfide) groups is 1. The molecular weight excluding hydrogens is 258 g/mol. The topological polar surface area (TPSA) is 26.0 Å². The first kappa shape index (κ1) is 12.1. The predicted octanol–water partition coefficient (Wildman–Crippen LogP) is 3.62. The SMILES string of the molecule is CSc1ccc(C(C)CCN)cc1Br. The molecule has 1 rings (SSSR count). The maximum atomic E-state index is 5.55. The molecule has 1 nitrogen and oxygen atoms in total. The highest BCUT2D eigenvalue weighted by atomic mass is 79.9. The van der Waals surface area contributed by atoms with E-state index in [-0.39, 0.29) is 0 Å². The highest BCUT2D eigenvalue weighted by Crippen LogP contribution is 2.29. The van der Waals surface area contributed by atoms with Gasteiger partial charge < -0.3 is 5.73 Å². The summed E-state index contributed by atoms with van der Waals surface area (Å²) in [6.07, 6.45) is 3.13. The number of rotatable bonds is 4. The van der Waals surface area contributed by atoms with Crippen LogP contribution in [0, 0.1) is 0 Å². The quantitative estimate of drug-likeness (QED) is 0.848. The van der Waals surface area contributed by atoms with Crippen LogP contribution >= 0.6 is 27.7 Å². The van der Waals surface area contributed by atoms with Crippen molar-refractivity contribution in [2.45, 2.75) is 24.2 Å². The van der Waals surface area contributed by atoms with E-state index in [0.717, 1.165) is 13.0 Å². The summed E-state index contributed by atoms with van der Waals surface area (Å²) in [5.41, 5.74) is 6.91. The van der Waals surface area contributed by atoms with Crippen molar-refractivity contribution in [1.82, 2.24) is 0 Å². The molecule has 0 fully saturated rings. The smallest absolute Gasteiger partial charge is 0.0313 e. The molecule has 0 radical (unpaired) electrons. The Morgan fingerprint density at radius 2 is 2.21 bits per heavy atom. The lowest BCUT2D eigenvalue weighted by Crippen LogP contribution is -2.04. The van der Waals surface area contributed by atoms with Gasteiger partial charge in [0.15, 0.2) is 0 Å². The summed E-state index contributed by atoms with van der Waals surface area (Å²) in [7, 11) is 0. The highest BCUT2D eigenvalue weighted by Gasteiger charge is 2.06. The third-order valence-corrected chi connectivity index (χ3v) is 4.06. The number of halogens is 1. The van der Waals surface area contributed by atoms with Gasteiger partial charge in [-0.1, -0.05) is 13.0 Å². The zero-order valence-electron chi connectivity index (χ0n) is 8.59.